The number of rotatable bonds is 5. The van der Waals surface area contributed by atoms with Crippen molar-refractivity contribution in [2.45, 2.75) is 25.1 Å². The number of para-hydroxylation sites is 1. The number of hydrogen-bond acceptors (Lipinski definition) is 4. The quantitative estimate of drug-likeness (QED) is 0.758. The maximum Gasteiger partial charge on any atom is 0.338 e. The second-order valence-electron chi connectivity index (χ2n) is 6.44. The Kier molecular flexibility index (Phi) is 5.52. The van der Waals surface area contributed by atoms with E-state index in [-0.39, 0.29) is 18.6 Å². The predicted molar refractivity (Wildman–Crippen MR) is 102 cm³/mol. The van der Waals surface area contributed by atoms with Crippen molar-refractivity contribution in [3.63, 3.8) is 0 Å². The van der Waals surface area contributed by atoms with E-state index in [0.717, 1.165) is 23.2 Å². The summed E-state index contributed by atoms with van der Waals surface area (Å²) in [5.41, 5.74) is 3.16. The Labute approximate surface area is 155 Å². The van der Waals surface area contributed by atoms with E-state index < -0.39 is 16.8 Å². The molecular weight excluding hydrogens is 350 g/mol. The number of benzene rings is 2. The molecule has 3 rings (SSSR count). The first kappa shape index (κ1) is 18.3. The third-order valence-corrected chi connectivity index (χ3v) is 5.08. The second-order valence-corrected chi connectivity index (χ2v) is 7.87. The molecule has 0 fully saturated rings. The molecule has 1 aliphatic rings. The molecule has 1 amide bonds. The molecule has 0 spiro atoms. The van der Waals surface area contributed by atoms with Gasteiger partial charge in [-0.05, 0) is 42.7 Å². The molecule has 1 heterocycles. The highest BCUT2D eigenvalue weighted by atomic mass is 32.2. The maximum atomic E-state index is 12.6. The minimum absolute atomic E-state index is 0.0430. The Hall–Kier alpha value is -2.47. The summed E-state index contributed by atoms with van der Waals surface area (Å²) < 4.78 is 16.6. The zero-order valence-corrected chi connectivity index (χ0v) is 15.6. The standard InChI is InChI=1S/C20H21NO4S/c1-14-10-16-7-3-4-9-18(16)21(14)19(22)12-25-20(23)17-8-5-6-15(11-17)13-26(2)24/h3-9,11,14H,10,12-13H2,1-2H3/t14-,26-/m0/s1. The van der Waals surface area contributed by atoms with Crippen molar-refractivity contribution in [1.29, 1.82) is 0 Å². The average Bonchev–Trinajstić information content (AvgIpc) is 2.94. The zero-order chi connectivity index (χ0) is 18.7. The lowest BCUT2D eigenvalue weighted by molar-refractivity contribution is -0.122. The lowest BCUT2D eigenvalue weighted by atomic mass is 10.1. The lowest BCUT2D eigenvalue weighted by Crippen LogP contribution is -2.38. The molecule has 0 N–H and O–H groups in total. The SMILES string of the molecule is C[C@H]1Cc2ccccc2N1C(=O)COC(=O)c1cccc(C[S@](C)=O)c1. The number of amides is 1. The van der Waals surface area contributed by atoms with Crippen LogP contribution in [0.25, 0.3) is 0 Å². The van der Waals surface area contributed by atoms with Crippen LogP contribution in [-0.4, -0.2) is 35.0 Å². The van der Waals surface area contributed by atoms with Crippen LogP contribution in [0, 0.1) is 0 Å². The van der Waals surface area contributed by atoms with Gasteiger partial charge in [-0.25, -0.2) is 4.79 Å². The Bertz CT molecular complexity index is 864. The fraction of sp³-hybridized carbons (Fsp3) is 0.300. The highest BCUT2D eigenvalue weighted by Crippen LogP contribution is 2.31. The van der Waals surface area contributed by atoms with Crippen LogP contribution in [-0.2, 0) is 32.5 Å². The largest absolute Gasteiger partial charge is 0.452 e. The van der Waals surface area contributed by atoms with Gasteiger partial charge in [0, 0.05) is 34.5 Å². The van der Waals surface area contributed by atoms with Crippen molar-refractivity contribution in [2.75, 3.05) is 17.8 Å². The first-order chi connectivity index (χ1) is 12.5. The summed E-state index contributed by atoms with van der Waals surface area (Å²) in [5.74, 6) is -0.411. The molecule has 1 aliphatic heterocycles. The topological polar surface area (TPSA) is 63.7 Å². The molecule has 0 aliphatic carbocycles. The summed E-state index contributed by atoms with van der Waals surface area (Å²) >= 11 is 0. The summed E-state index contributed by atoms with van der Waals surface area (Å²) in [6.07, 6.45) is 2.41. The fourth-order valence-electron chi connectivity index (χ4n) is 3.25. The second kappa shape index (κ2) is 7.83. The molecule has 0 radical (unpaired) electrons. The van der Waals surface area contributed by atoms with Crippen molar-refractivity contribution in [1.82, 2.24) is 0 Å². The van der Waals surface area contributed by atoms with Crippen LogP contribution < -0.4 is 4.90 Å². The number of carbonyl (C=O) groups is 2. The van der Waals surface area contributed by atoms with Gasteiger partial charge in [0.15, 0.2) is 6.61 Å². The maximum absolute atomic E-state index is 12.6. The number of carbonyl (C=O) groups excluding carboxylic acids is 2. The number of ether oxygens (including phenoxy) is 1. The molecule has 0 bridgehead atoms. The van der Waals surface area contributed by atoms with Crippen molar-refractivity contribution < 1.29 is 18.5 Å². The van der Waals surface area contributed by atoms with Crippen LogP contribution in [0.5, 0.6) is 0 Å². The van der Waals surface area contributed by atoms with Crippen molar-refractivity contribution in [2.24, 2.45) is 0 Å². The van der Waals surface area contributed by atoms with E-state index in [0.29, 0.717) is 11.3 Å². The van der Waals surface area contributed by atoms with E-state index in [4.69, 9.17) is 4.74 Å². The lowest BCUT2D eigenvalue weighted by Gasteiger charge is -2.22. The van der Waals surface area contributed by atoms with Crippen LogP contribution in [0.15, 0.2) is 48.5 Å². The summed E-state index contributed by atoms with van der Waals surface area (Å²) in [6, 6.07) is 14.6. The van der Waals surface area contributed by atoms with Gasteiger partial charge in [0.1, 0.15) is 0 Å². The number of fused-ring (bicyclic) bond motifs is 1. The van der Waals surface area contributed by atoms with E-state index in [1.165, 1.54) is 0 Å². The number of esters is 1. The molecule has 26 heavy (non-hydrogen) atoms. The van der Waals surface area contributed by atoms with Crippen LogP contribution in [0.1, 0.15) is 28.4 Å². The molecule has 5 nitrogen and oxygen atoms in total. The zero-order valence-electron chi connectivity index (χ0n) is 14.8. The van der Waals surface area contributed by atoms with E-state index in [1.807, 2.05) is 37.3 Å². The van der Waals surface area contributed by atoms with Crippen LogP contribution in [0.2, 0.25) is 0 Å². The van der Waals surface area contributed by atoms with Gasteiger partial charge in [-0.1, -0.05) is 30.3 Å². The van der Waals surface area contributed by atoms with E-state index in [1.54, 1.807) is 29.4 Å². The Morgan fingerprint density at radius 1 is 1.19 bits per heavy atom. The van der Waals surface area contributed by atoms with Crippen LogP contribution in [0.3, 0.4) is 0 Å². The predicted octanol–water partition coefficient (Wildman–Crippen LogP) is 2.70. The van der Waals surface area contributed by atoms with Gasteiger partial charge in [0.05, 0.1) is 5.56 Å². The summed E-state index contributed by atoms with van der Waals surface area (Å²) in [7, 11) is -0.989. The Morgan fingerprint density at radius 3 is 2.73 bits per heavy atom. The molecule has 2 aromatic carbocycles. The van der Waals surface area contributed by atoms with Gasteiger partial charge in [-0.15, -0.1) is 0 Å². The minimum atomic E-state index is -0.989. The highest BCUT2D eigenvalue weighted by Gasteiger charge is 2.31. The summed E-state index contributed by atoms with van der Waals surface area (Å²) in [6.45, 7) is 1.68. The van der Waals surface area contributed by atoms with Crippen LogP contribution in [0.4, 0.5) is 5.69 Å². The third kappa shape index (κ3) is 4.02. The van der Waals surface area contributed by atoms with E-state index >= 15 is 0 Å². The van der Waals surface area contributed by atoms with Gasteiger partial charge in [-0.3, -0.25) is 9.00 Å². The Morgan fingerprint density at radius 2 is 1.96 bits per heavy atom. The van der Waals surface area contributed by atoms with Gasteiger partial charge < -0.3 is 9.64 Å². The third-order valence-electron chi connectivity index (χ3n) is 4.34. The molecule has 136 valence electrons. The fourth-order valence-corrected chi connectivity index (χ4v) is 3.90. The summed E-state index contributed by atoms with van der Waals surface area (Å²) in [5, 5.41) is 0. The van der Waals surface area contributed by atoms with Gasteiger partial charge in [0.2, 0.25) is 0 Å². The normalized spacial score (nSPS) is 16.8. The van der Waals surface area contributed by atoms with Gasteiger partial charge in [0.25, 0.3) is 5.91 Å². The number of hydrogen-bond donors (Lipinski definition) is 0. The van der Waals surface area contributed by atoms with Gasteiger partial charge >= 0.3 is 5.97 Å². The Balaban J connectivity index is 1.65. The minimum Gasteiger partial charge on any atom is -0.452 e. The number of anilines is 1. The molecule has 0 saturated heterocycles. The summed E-state index contributed by atoms with van der Waals surface area (Å²) in [4.78, 5) is 26.5. The molecule has 0 saturated carbocycles. The monoisotopic (exact) mass is 371 g/mol. The van der Waals surface area contributed by atoms with Crippen LogP contribution >= 0.6 is 0 Å². The average molecular weight is 371 g/mol. The number of nitrogens with zero attached hydrogens (tertiary/aromatic N) is 1. The molecule has 0 unspecified atom stereocenters. The highest BCUT2D eigenvalue weighted by molar-refractivity contribution is 7.83. The van der Waals surface area contributed by atoms with Crippen molar-refractivity contribution in [3.8, 4) is 0 Å². The first-order valence-corrected chi connectivity index (χ1v) is 10.1. The molecule has 2 aromatic rings. The molecular formula is C20H21NO4S. The van der Waals surface area contributed by atoms with E-state index in [9.17, 15) is 13.8 Å². The first-order valence-electron chi connectivity index (χ1n) is 8.42. The van der Waals surface area contributed by atoms with E-state index in [2.05, 4.69) is 0 Å². The smallest absolute Gasteiger partial charge is 0.338 e. The molecule has 0 aromatic heterocycles. The van der Waals surface area contributed by atoms with Gasteiger partial charge in [-0.2, -0.15) is 0 Å². The van der Waals surface area contributed by atoms with Crippen molar-refractivity contribution >= 4 is 28.4 Å². The molecule has 6 heteroatoms. The molecule has 2 atom stereocenters. The van der Waals surface area contributed by atoms with Crippen molar-refractivity contribution in [3.05, 3.63) is 65.2 Å².